The molecular weight excluding hydrogens is 216 g/mol. The molecule has 0 radical (unpaired) electrons. The van der Waals surface area contributed by atoms with E-state index in [2.05, 4.69) is 4.98 Å². The molecule has 1 aromatic carbocycles. The molecule has 2 rings (SSSR count). The summed E-state index contributed by atoms with van der Waals surface area (Å²) in [4.78, 5) is 27.9. The van der Waals surface area contributed by atoms with Gasteiger partial charge in [0.05, 0.1) is 11.3 Å². The standard InChI is InChI=1S/C13H10N2O2/c16-10-15(12-6-2-1-3-7-12)13(17)11-5-4-8-14-9-11/h1-10H. The van der Waals surface area contributed by atoms with Crippen molar-refractivity contribution in [2.75, 3.05) is 4.90 Å². The Morgan fingerprint density at radius 1 is 1.12 bits per heavy atom. The number of imide groups is 1. The van der Waals surface area contributed by atoms with Gasteiger partial charge in [-0.25, -0.2) is 4.90 Å². The van der Waals surface area contributed by atoms with Crippen LogP contribution in [0.15, 0.2) is 54.9 Å². The fourth-order valence-electron chi connectivity index (χ4n) is 1.44. The van der Waals surface area contributed by atoms with Crippen LogP contribution in [-0.4, -0.2) is 17.3 Å². The molecular formula is C13H10N2O2. The van der Waals surface area contributed by atoms with E-state index in [0.717, 1.165) is 4.90 Å². The lowest BCUT2D eigenvalue weighted by molar-refractivity contribution is -0.106. The number of aromatic nitrogens is 1. The molecule has 0 atom stereocenters. The fourth-order valence-corrected chi connectivity index (χ4v) is 1.44. The first-order valence-electron chi connectivity index (χ1n) is 5.07. The Morgan fingerprint density at radius 2 is 1.88 bits per heavy atom. The van der Waals surface area contributed by atoms with Crippen molar-refractivity contribution < 1.29 is 9.59 Å². The van der Waals surface area contributed by atoms with Crippen LogP contribution in [0, 0.1) is 0 Å². The highest BCUT2D eigenvalue weighted by Crippen LogP contribution is 2.14. The van der Waals surface area contributed by atoms with Gasteiger partial charge in [0.1, 0.15) is 0 Å². The minimum atomic E-state index is -0.390. The molecule has 0 saturated heterocycles. The fraction of sp³-hybridized carbons (Fsp3) is 0. The van der Waals surface area contributed by atoms with Crippen molar-refractivity contribution in [1.82, 2.24) is 4.98 Å². The minimum Gasteiger partial charge on any atom is -0.278 e. The van der Waals surface area contributed by atoms with Gasteiger partial charge in [0.15, 0.2) is 0 Å². The highest BCUT2D eigenvalue weighted by atomic mass is 16.2. The second kappa shape index (κ2) is 5.03. The molecule has 1 aromatic heterocycles. The summed E-state index contributed by atoms with van der Waals surface area (Å²) in [6.45, 7) is 0. The molecule has 0 aliphatic rings. The molecule has 0 saturated carbocycles. The van der Waals surface area contributed by atoms with Gasteiger partial charge >= 0.3 is 0 Å². The van der Waals surface area contributed by atoms with Gasteiger partial charge in [-0.05, 0) is 24.3 Å². The van der Waals surface area contributed by atoms with Gasteiger partial charge in [0, 0.05) is 12.4 Å². The van der Waals surface area contributed by atoms with E-state index in [0.29, 0.717) is 17.7 Å². The monoisotopic (exact) mass is 226 g/mol. The van der Waals surface area contributed by atoms with E-state index in [9.17, 15) is 9.59 Å². The number of anilines is 1. The molecule has 1 heterocycles. The average molecular weight is 226 g/mol. The normalized spacial score (nSPS) is 9.65. The molecule has 0 aliphatic heterocycles. The van der Waals surface area contributed by atoms with Crippen molar-refractivity contribution in [2.45, 2.75) is 0 Å². The summed E-state index contributed by atoms with van der Waals surface area (Å²) >= 11 is 0. The maximum atomic E-state index is 12.0. The topological polar surface area (TPSA) is 50.3 Å². The van der Waals surface area contributed by atoms with Crippen LogP contribution >= 0.6 is 0 Å². The summed E-state index contributed by atoms with van der Waals surface area (Å²) in [6, 6.07) is 12.0. The molecule has 0 spiro atoms. The second-order valence-electron chi connectivity index (χ2n) is 3.36. The zero-order valence-corrected chi connectivity index (χ0v) is 8.98. The molecule has 4 nitrogen and oxygen atoms in total. The average Bonchev–Trinajstić information content (AvgIpc) is 2.42. The van der Waals surface area contributed by atoms with Gasteiger partial charge in [0.25, 0.3) is 5.91 Å². The number of pyridine rings is 1. The first kappa shape index (κ1) is 11.0. The van der Waals surface area contributed by atoms with Crippen LogP contribution in [-0.2, 0) is 4.79 Å². The molecule has 2 aromatic rings. The zero-order chi connectivity index (χ0) is 12.1. The lowest BCUT2D eigenvalue weighted by Gasteiger charge is -2.14. The second-order valence-corrected chi connectivity index (χ2v) is 3.36. The molecule has 0 aliphatic carbocycles. The summed E-state index contributed by atoms with van der Waals surface area (Å²) in [7, 11) is 0. The molecule has 2 amide bonds. The van der Waals surface area contributed by atoms with E-state index < -0.39 is 0 Å². The highest BCUT2D eigenvalue weighted by Gasteiger charge is 2.16. The number of carbonyl (C=O) groups is 2. The van der Waals surface area contributed by atoms with Gasteiger partial charge in [0.2, 0.25) is 6.41 Å². The zero-order valence-electron chi connectivity index (χ0n) is 8.98. The van der Waals surface area contributed by atoms with Crippen LogP contribution in [0.3, 0.4) is 0 Å². The van der Waals surface area contributed by atoms with E-state index >= 15 is 0 Å². The molecule has 0 fully saturated rings. The smallest absolute Gasteiger partial charge is 0.266 e. The Labute approximate surface area is 98.5 Å². The molecule has 4 heteroatoms. The number of para-hydroxylation sites is 1. The lowest BCUT2D eigenvalue weighted by atomic mass is 10.2. The van der Waals surface area contributed by atoms with Gasteiger partial charge in [-0.3, -0.25) is 14.6 Å². The first-order chi connectivity index (χ1) is 8.33. The van der Waals surface area contributed by atoms with Gasteiger partial charge in [-0.2, -0.15) is 0 Å². The Hall–Kier alpha value is -2.49. The Morgan fingerprint density at radius 3 is 2.47 bits per heavy atom. The number of carbonyl (C=O) groups excluding carboxylic acids is 2. The van der Waals surface area contributed by atoms with Gasteiger partial charge < -0.3 is 0 Å². The largest absolute Gasteiger partial charge is 0.278 e. The molecule has 0 bridgehead atoms. The van der Waals surface area contributed by atoms with E-state index in [4.69, 9.17) is 0 Å². The van der Waals surface area contributed by atoms with E-state index in [1.807, 2.05) is 6.07 Å². The number of nitrogens with zero attached hydrogens (tertiary/aromatic N) is 2. The number of hydrogen-bond donors (Lipinski definition) is 0. The van der Waals surface area contributed by atoms with Crippen molar-refractivity contribution in [1.29, 1.82) is 0 Å². The summed E-state index contributed by atoms with van der Waals surface area (Å²) < 4.78 is 0. The minimum absolute atomic E-state index is 0.378. The number of benzene rings is 1. The third-order valence-corrected chi connectivity index (χ3v) is 2.27. The van der Waals surface area contributed by atoms with Crippen LogP contribution in [0.25, 0.3) is 0 Å². The van der Waals surface area contributed by atoms with Crippen molar-refractivity contribution in [3.63, 3.8) is 0 Å². The Balaban J connectivity index is 2.32. The van der Waals surface area contributed by atoms with E-state index in [1.54, 1.807) is 42.6 Å². The van der Waals surface area contributed by atoms with Crippen LogP contribution < -0.4 is 4.90 Å². The summed E-state index contributed by atoms with van der Waals surface area (Å²) in [5.74, 6) is -0.390. The summed E-state index contributed by atoms with van der Waals surface area (Å²) in [5.41, 5.74) is 0.916. The molecule has 17 heavy (non-hydrogen) atoms. The molecule has 0 unspecified atom stereocenters. The van der Waals surface area contributed by atoms with Crippen LogP contribution in [0.1, 0.15) is 10.4 Å². The van der Waals surface area contributed by atoms with Crippen molar-refractivity contribution in [3.8, 4) is 0 Å². The van der Waals surface area contributed by atoms with Crippen molar-refractivity contribution in [3.05, 3.63) is 60.4 Å². The third-order valence-electron chi connectivity index (χ3n) is 2.27. The maximum Gasteiger partial charge on any atom is 0.266 e. The van der Waals surface area contributed by atoms with E-state index in [1.165, 1.54) is 6.20 Å². The first-order valence-corrected chi connectivity index (χ1v) is 5.07. The van der Waals surface area contributed by atoms with Crippen molar-refractivity contribution in [2.24, 2.45) is 0 Å². The SMILES string of the molecule is O=CN(C(=O)c1cccnc1)c1ccccc1. The number of hydrogen-bond acceptors (Lipinski definition) is 3. The number of amides is 2. The summed E-state index contributed by atoms with van der Waals surface area (Å²) in [6.07, 6.45) is 3.51. The van der Waals surface area contributed by atoms with Crippen molar-refractivity contribution >= 4 is 18.0 Å². The maximum absolute atomic E-state index is 12.0. The van der Waals surface area contributed by atoms with Gasteiger partial charge in [-0.15, -0.1) is 0 Å². The van der Waals surface area contributed by atoms with E-state index in [-0.39, 0.29) is 5.91 Å². The quantitative estimate of drug-likeness (QED) is 0.751. The third kappa shape index (κ3) is 2.36. The molecule has 84 valence electrons. The van der Waals surface area contributed by atoms with Crippen LogP contribution in [0.2, 0.25) is 0 Å². The Kier molecular flexibility index (Phi) is 3.25. The predicted octanol–water partition coefficient (Wildman–Crippen LogP) is 1.88. The Bertz CT molecular complexity index is 511. The highest BCUT2D eigenvalue weighted by molar-refractivity contribution is 6.15. The summed E-state index contributed by atoms with van der Waals surface area (Å²) in [5, 5.41) is 0. The molecule has 0 N–H and O–H groups in total. The predicted molar refractivity (Wildman–Crippen MR) is 63.6 cm³/mol. The van der Waals surface area contributed by atoms with Crippen LogP contribution in [0.5, 0.6) is 0 Å². The van der Waals surface area contributed by atoms with Gasteiger partial charge in [-0.1, -0.05) is 18.2 Å². The number of rotatable bonds is 3. The van der Waals surface area contributed by atoms with Crippen LogP contribution in [0.4, 0.5) is 5.69 Å². The lowest BCUT2D eigenvalue weighted by Crippen LogP contribution is -2.29.